The summed E-state index contributed by atoms with van der Waals surface area (Å²) in [5.74, 6) is 0.397. The van der Waals surface area contributed by atoms with Crippen molar-refractivity contribution in [3.8, 4) is 5.75 Å². The third-order valence-corrected chi connectivity index (χ3v) is 5.94. The van der Waals surface area contributed by atoms with Crippen LogP contribution in [0.5, 0.6) is 5.75 Å². The zero-order chi connectivity index (χ0) is 25.5. The Morgan fingerprint density at radius 2 is 1.50 bits per heavy atom. The van der Waals surface area contributed by atoms with Crippen molar-refractivity contribution in [2.75, 3.05) is 17.7 Å². The minimum absolute atomic E-state index is 0.0332. The summed E-state index contributed by atoms with van der Waals surface area (Å²) in [6.45, 7) is 0.299. The van der Waals surface area contributed by atoms with Crippen LogP contribution in [-0.2, 0) is 24.3 Å². The molecular formula is C28H28N4O4. The van der Waals surface area contributed by atoms with Crippen LogP contribution >= 0.6 is 0 Å². The number of benzene rings is 3. The molecule has 1 aromatic heterocycles. The van der Waals surface area contributed by atoms with Crippen LogP contribution in [0.2, 0.25) is 0 Å². The molecule has 0 bridgehead atoms. The van der Waals surface area contributed by atoms with Crippen molar-refractivity contribution in [3.63, 3.8) is 0 Å². The third kappa shape index (κ3) is 5.72. The number of nitrogens with one attached hydrogen (secondary N) is 1. The Labute approximate surface area is 208 Å². The van der Waals surface area contributed by atoms with E-state index in [1.165, 1.54) is 9.47 Å². The standard InChI is InChI=1S/C28H28N4O4/c1-36-23-15-12-20(13-16-23)14-17-24(33)31(18-21-8-4-2-5-9-21)25-26(29)32(28(35)30-27(25)34)19-22-10-6-3-7-11-22/h2-13,15-16H,14,17-19,29H2,1H3,(H,30,34,35). The molecule has 0 aliphatic rings. The number of nitrogens with zero attached hydrogens (tertiary/aromatic N) is 2. The van der Waals surface area contributed by atoms with Gasteiger partial charge in [-0.2, -0.15) is 0 Å². The van der Waals surface area contributed by atoms with E-state index in [0.29, 0.717) is 6.42 Å². The minimum atomic E-state index is -0.699. The molecule has 0 aliphatic heterocycles. The van der Waals surface area contributed by atoms with Crippen LogP contribution in [0.4, 0.5) is 11.5 Å². The van der Waals surface area contributed by atoms with Gasteiger partial charge in [-0.25, -0.2) is 4.79 Å². The highest BCUT2D eigenvalue weighted by molar-refractivity contribution is 5.95. The zero-order valence-electron chi connectivity index (χ0n) is 20.0. The molecule has 3 N–H and O–H groups in total. The summed E-state index contributed by atoms with van der Waals surface area (Å²) in [7, 11) is 1.60. The molecule has 0 saturated carbocycles. The molecule has 4 rings (SSSR count). The summed E-state index contributed by atoms with van der Waals surface area (Å²) in [6.07, 6.45) is 0.617. The SMILES string of the molecule is COc1ccc(CCC(=O)N(Cc2ccccc2)c2c(N)n(Cc3ccccc3)c(=O)[nH]c2=O)cc1. The molecule has 0 spiro atoms. The molecule has 0 fully saturated rings. The van der Waals surface area contributed by atoms with Crippen molar-refractivity contribution in [1.29, 1.82) is 0 Å². The maximum Gasteiger partial charge on any atom is 0.330 e. The van der Waals surface area contributed by atoms with E-state index in [2.05, 4.69) is 4.98 Å². The van der Waals surface area contributed by atoms with E-state index in [9.17, 15) is 14.4 Å². The normalized spacial score (nSPS) is 10.7. The monoisotopic (exact) mass is 484 g/mol. The molecule has 1 amide bonds. The lowest BCUT2D eigenvalue weighted by Crippen LogP contribution is -2.41. The van der Waals surface area contributed by atoms with Crippen LogP contribution in [0.1, 0.15) is 23.1 Å². The molecule has 4 aromatic rings. The Morgan fingerprint density at radius 1 is 0.889 bits per heavy atom. The lowest BCUT2D eigenvalue weighted by Gasteiger charge is -2.25. The van der Waals surface area contributed by atoms with Crippen LogP contribution < -0.4 is 26.6 Å². The first kappa shape index (κ1) is 24.5. The van der Waals surface area contributed by atoms with Crippen molar-refractivity contribution in [3.05, 3.63) is 122 Å². The second kappa shape index (κ2) is 11.2. The van der Waals surface area contributed by atoms with Crippen molar-refractivity contribution in [2.45, 2.75) is 25.9 Å². The number of nitrogen functional groups attached to an aromatic ring is 1. The van der Waals surface area contributed by atoms with Crippen molar-refractivity contribution < 1.29 is 9.53 Å². The number of aromatic amines is 1. The number of nitrogens with two attached hydrogens (primary N) is 1. The van der Waals surface area contributed by atoms with Crippen LogP contribution in [0.3, 0.4) is 0 Å². The van der Waals surface area contributed by atoms with Crippen LogP contribution in [-0.4, -0.2) is 22.6 Å². The maximum atomic E-state index is 13.5. The Hall–Kier alpha value is -4.59. The van der Waals surface area contributed by atoms with Gasteiger partial charge in [-0.3, -0.25) is 19.1 Å². The van der Waals surface area contributed by atoms with E-state index < -0.39 is 11.2 Å². The Balaban J connectivity index is 1.69. The van der Waals surface area contributed by atoms with Gasteiger partial charge in [0.05, 0.1) is 20.2 Å². The molecule has 36 heavy (non-hydrogen) atoms. The summed E-state index contributed by atoms with van der Waals surface area (Å²) in [5.41, 5.74) is 7.66. The second-order valence-corrected chi connectivity index (χ2v) is 8.38. The van der Waals surface area contributed by atoms with Crippen molar-refractivity contribution in [2.24, 2.45) is 0 Å². The fraction of sp³-hybridized carbons (Fsp3) is 0.179. The summed E-state index contributed by atoms with van der Waals surface area (Å²) in [5, 5.41) is 0. The number of H-pyrrole nitrogens is 1. The smallest absolute Gasteiger partial charge is 0.330 e. The van der Waals surface area contributed by atoms with Gasteiger partial charge in [0.25, 0.3) is 5.56 Å². The first-order chi connectivity index (χ1) is 17.5. The number of amides is 1. The highest BCUT2D eigenvalue weighted by atomic mass is 16.5. The van der Waals surface area contributed by atoms with Gasteiger partial charge >= 0.3 is 5.69 Å². The highest BCUT2D eigenvalue weighted by Gasteiger charge is 2.24. The number of rotatable bonds is 9. The summed E-state index contributed by atoms with van der Waals surface area (Å²) >= 11 is 0. The Morgan fingerprint density at radius 3 is 2.11 bits per heavy atom. The van der Waals surface area contributed by atoms with Gasteiger partial charge in [-0.15, -0.1) is 0 Å². The number of anilines is 2. The fourth-order valence-electron chi connectivity index (χ4n) is 4.00. The predicted octanol–water partition coefficient (Wildman–Crippen LogP) is 3.34. The average molecular weight is 485 g/mol. The van der Waals surface area contributed by atoms with E-state index in [-0.39, 0.29) is 36.9 Å². The van der Waals surface area contributed by atoms with Gasteiger partial charge in [0.15, 0.2) is 5.69 Å². The van der Waals surface area contributed by atoms with Gasteiger partial charge in [-0.1, -0.05) is 72.8 Å². The number of hydrogen-bond acceptors (Lipinski definition) is 5. The number of aryl methyl sites for hydroxylation is 1. The largest absolute Gasteiger partial charge is 0.497 e. The van der Waals surface area contributed by atoms with Gasteiger partial charge in [0.2, 0.25) is 5.91 Å². The molecule has 8 nitrogen and oxygen atoms in total. The number of carbonyl (C=O) groups is 1. The van der Waals surface area contributed by atoms with Crippen molar-refractivity contribution >= 4 is 17.4 Å². The first-order valence-electron chi connectivity index (χ1n) is 11.6. The Bertz CT molecular complexity index is 1430. The third-order valence-electron chi connectivity index (χ3n) is 5.94. The van der Waals surface area contributed by atoms with Crippen molar-refractivity contribution in [1.82, 2.24) is 9.55 Å². The lowest BCUT2D eigenvalue weighted by atomic mass is 10.1. The second-order valence-electron chi connectivity index (χ2n) is 8.38. The Kier molecular flexibility index (Phi) is 7.65. The molecule has 0 unspecified atom stereocenters. The van der Waals surface area contributed by atoms with Gasteiger partial charge < -0.3 is 15.4 Å². The number of aromatic nitrogens is 2. The highest BCUT2D eigenvalue weighted by Crippen LogP contribution is 2.22. The molecule has 184 valence electrons. The quantitative estimate of drug-likeness (QED) is 0.379. The van der Waals surface area contributed by atoms with Crippen LogP contribution in [0.15, 0.2) is 94.5 Å². The number of ether oxygens (including phenoxy) is 1. The molecule has 0 radical (unpaired) electrons. The van der Waals surface area contributed by atoms with E-state index >= 15 is 0 Å². The lowest BCUT2D eigenvalue weighted by molar-refractivity contribution is -0.118. The van der Waals surface area contributed by atoms with Gasteiger partial charge in [0.1, 0.15) is 11.6 Å². The molecule has 3 aromatic carbocycles. The van der Waals surface area contributed by atoms with E-state index in [4.69, 9.17) is 10.5 Å². The minimum Gasteiger partial charge on any atom is -0.497 e. The van der Waals surface area contributed by atoms with E-state index in [1.54, 1.807) is 7.11 Å². The average Bonchev–Trinajstić information content (AvgIpc) is 2.90. The summed E-state index contributed by atoms with van der Waals surface area (Å²) < 4.78 is 6.47. The molecule has 8 heteroatoms. The zero-order valence-corrected chi connectivity index (χ0v) is 20.0. The van der Waals surface area contributed by atoms with Crippen LogP contribution in [0, 0.1) is 0 Å². The maximum absolute atomic E-state index is 13.5. The molecule has 0 saturated heterocycles. The van der Waals surface area contributed by atoms with E-state index in [0.717, 1.165) is 22.4 Å². The summed E-state index contributed by atoms with van der Waals surface area (Å²) in [4.78, 5) is 42.9. The number of hydrogen-bond donors (Lipinski definition) is 2. The predicted molar refractivity (Wildman–Crippen MR) is 140 cm³/mol. The topological polar surface area (TPSA) is 110 Å². The molecule has 0 atom stereocenters. The number of methoxy groups -OCH3 is 1. The fourth-order valence-corrected chi connectivity index (χ4v) is 4.00. The first-order valence-corrected chi connectivity index (χ1v) is 11.6. The van der Waals surface area contributed by atoms with E-state index in [1.807, 2.05) is 84.9 Å². The molecule has 0 aliphatic carbocycles. The van der Waals surface area contributed by atoms with Gasteiger partial charge in [0, 0.05) is 6.42 Å². The molecular weight excluding hydrogens is 456 g/mol. The molecule has 1 heterocycles. The van der Waals surface area contributed by atoms with Crippen LogP contribution in [0.25, 0.3) is 0 Å². The van der Waals surface area contributed by atoms with Gasteiger partial charge in [-0.05, 0) is 35.2 Å². The number of carbonyl (C=O) groups excluding carboxylic acids is 1. The summed E-state index contributed by atoms with van der Waals surface area (Å²) in [6, 6.07) is 26.1.